The Morgan fingerprint density at radius 3 is 2.20 bits per heavy atom. The zero-order valence-corrected chi connectivity index (χ0v) is 20.2. The predicted molar refractivity (Wildman–Crippen MR) is 133 cm³/mol. The molecule has 3 atom stereocenters. The quantitative estimate of drug-likeness (QED) is 0.576. The van der Waals surface area contributed by atoms with Crippen LogP contribution in [0.5, 0.6) is 0 Å². The van der Waals surface area contributed by atoms with Crippen molar-refractivity contribution in [2.24, 2.45) is 0 Å². The molecule has 0 saturated carbocycles. The molecule has 178 valence electrons. The Kier molecular flexibility index (Phi) is 6.20. The highest BCUT2D eigenvalue weighted by molar-refractivity contribution is 7.89. The number of sulfonamides is 1. The van der Waals surface area contributed by atoms with E-state index in [9.17, 15) is 18.3 Å². The molecule has 0 radical (unpaired) electrons. The van der Waals surface area contributed by atoms with E-state index in [1.165, 1.54) is 4.31 Å². The molecule has 1 amide bonds. The number of hydrogen-bond donors (Lipinski definition) is 1. The molecule has 0 aliphatic carbocycles. The van der Waals surface area contributed by atoms with Crippen LogP contribution in [0.1, 0.15) is 28.2 Å². The van der Waals surface area contributed by atoms with E-state index in [1.807, 2.05) is 54.6 Å². The molecule has 0 bridgehead atoms. The van der Waals surface area contributed by atoms with Gasteiger partial charge in [0.15, 0.2) is 0 Å². The molecule has 0 spiro atoms. The first kappa shape index (κ1) is 23.3. The second kappa shape index (κ2) is 9.31. The predicted octanol–water partition coefficient (Wildman–Crippen LogP) is 2.75. The average molecular weight is 487 g/mol. The number of aliphatic hydroxyl groups excluding tert-OH is 1. The third-order valence-corrected chi connectivity index (χ3v) is 8.82. The number of amides is 1. The highest BCUT2D eigenvalue weighted by Crippen LogP contribution is 2.43. The Balaban J connectivity index is 1.39. The van der Waals surface area contributed by atoms with E-state index in [-0.39, 0.29) is 48.5 Å². The normalized spacial score (nSPS) is 22.1. The topological polar surface area (TPSA) is 77.9 Å². The molecule has 0 unspecified atom stereocenters. The van der Waals surface area contributed by atoms with E-state index in [0.29, 0.717) is 5.56 Å². The second-order valence-corrected chi connectivity index (χ2v) is 10.9. The van der Waals surface area contributed by atoms with Gasteiger partial charge in [-0.15, -0.1) is 0 Å². The van der Waals surface area contributed by atoms with Crippen LogP contribution in [0.3, 0.4) is 0 Å². The van der Waals surface area contributed by atoms with Crippen LogP contribution in [0.15, 0.2) is 83.8 Å². The smallest absolute Gasteiger partial charge is 0.243 e. The summed E-state index contributed by atoms with van der Waals surface area (Å²) in [5.74, 6) is 5.85. The molecule has 1 N–H and O–H groups in total. The molecule has 5 rings (SSSR count). The molecule has 2 aliphatic rings. The lowest BCUT2D eigenvalue weighted by Crippen LogP contribution is -2.73. The van der Waals surface area contributed by atoms with E-state index in [2.05, 4.69) is 11.8 Å². The Labute approximate surface area is 205 Å². The number of carbonyl (C=O) groups excluding carboxylic acids is 1. The van der Waals surface area contributed by atoms with Gasteiger partial charge < -0.3 is 10.0 Å². The average Bonchev–Trinajstić information content (AvgIpc) is 2.85. The summed E-state index contributed by atoms with van der Waals surface area (Å²) in [7, 11) is -3.81. The summed E-state index contributed by atoms with van der Waals surface area (Å²) in [6.07, 6.45) is 0. The number of aryl methyl sites for hydroxylation is 1. The number of benzene rings is 3. The zero-order valence-electron chi connectivity index (χ0n) is 19.3. The van der Waals surface area contributed by atoms with Crippen LogP contribution < -0.4 is 0 Å². The van der Waals surface area contributed by atoms with Gasteiger partial charge in [-0.1, -0.05) is 60.4 Å². The fraction of sp³-hybridized carbons (Fsp3) is 0.250. The summed E-state index contributed by atoms with van der Waals surface area (Å²) in [4.78, 5) is 14.8. The number of aliphatic hydroxyl groups is 1. The van der Waals surface area contributed by atoms with Gasteiger partial charge in [0, 0.05) is 23.6 Å². The van der Waals surface area contributed by atoms with Crippen molar-refractivity contribution >= 4 is 15.9 Å². The first-order chi connectivity index (χ1) is 16.9. The number of carbonyl (C=O) groups is 1. The van der Waals surface area contributed by atoms with E-state index in [0.717, 1.165) is 16.7 Å². The molecule has 2 heterocycles. The molecule has 2 aliphatic heterocycles. The summed E-state index contributed by atoms with van der Waals surface area (Å²) < 4.78 is 28.0. The van der Waals surface area contributed by atoms with Gasteiger partial charge in [0.05, 0.1) is 30.1 Å². The van der Waals surface area contributed by atoms with Crippen molar-refractivity contribution in [2.45, 2.75) is 29.8 Å². The van der Waals surface area contributed by atoms with Crippen molar-refractivity contribution in [2.75, 3.05) is 19.7 Å². The highest BCUT2D eigenvalue weighted by atomic mass is 32.2. The van der Waals surface area contributed by atoms with Gasteiger partial charge in [-0.2, -0.15) is 4.31 Å². The van der Waals surface area contributed by atoms with Gasteiger partial charge >= 0.3 is 0 Å². The number of hydrogen-bond acceptors (Lipinski definition) is 4. The van der Waals surface area contributed by atoms with Crippen LogP contribution in [0.2, 0.25) is 0 Å². The maximum absolute atomic E-state index is 13.3. The minimum Gasteiger partial charge on any atom is -0.394 e. The lowest BCUT2D eigenvalue weighted by molar-refractivity contribution is -0.158. The third-order valence-electron chi connectivity index (χ3n) is 6.85. The third kappa shape index (κ3) is 4.25. The Morgan fingerprint density at radius 1 is 0.914 bits per heavy atom. The number of fused-ring (bicyclic) bond motifs is 1. The van der Waals surface area contributed by atoms with E-state index in [4.69, 9.17) is 0 Å². The minimum atomic E-state index is -3.81. The first-order valence-corrected chi connectivity index (χ1v) is 13.0. The molecule has 7 heteroatoms. The standard InChI is InChI=1S/C28H26N2O4S/c1-20-7-5-6-10-26(20)35(33,34)29-17-24-28(25(19-31)30(24)27(32)18-29)23-15-13-22(14-16-23)12-11-21-8-3-2-4-9-21/h2-10,13-16,24-25,28,31H,17-19H2,1H3/t24-,25+,28+/m0/s1. The van der Waals surface area contributed by atoms with E-state index >= 15 is 0 Å². The van der Waals surface area contributed by atoms with Gasteiger partial charge in [0.1, 0.15) is 0 Å². The van der Waals surface area contributed by atoms with Crippen molar-refractivity contribution in [1.82, 2.24) is 9.21 Å². The van der Waals surface area contributed by atoms with Gasteiger partial charge in [-0.05, 0) is 48.4 Å². The van der Waals surface area contributed by atoms with Crippen LogP contribution >= 0.6 is 0 Å². The summed E-state index contributed by atoms with van der Waals surface area (Å²) in [5.41, 5.74) is 3.39. The molecule has 6 nitrogen and oxygen atoms in total. The molecular formula is C28H26N2O4S. The lowest BCUT2D eigenvalue weighted by atomic mass is 9.74. The Bertz CT molecular complexity index is 1410. The Morgan fingerprint density at radius 2 is 1.54 bits per heavy atom. The summed E-state index contributed by atoms with van der Waals surface area (Å²) in [6.45, 7) is 1.55. The molecule has 0 aromatic heterocycles. The van der Waals surface area contributed by atoms with Crippen molar-refractivity contribution < 1.29 is 18.3 Å². The molecule has 2 fully saturated rings. The molecule has 35 heavy (non-hydrogen) atoms. The summed E-state index contributed by atoms with van der Waals surface area (Å²) in [6, 6.07) is 23.6. The lowest BCUT2D eigenvalue weighted by Gasteiger charge is -2.58. The van der Waals surface area contributed by atoms with E-state index < -0.39 is 10.0 Å². The van der Waals surface area contributed by atoms with Gasteiger partial charge in [-0.3, -0.25) is 4.79 Å². The zero-order chi connectivity index (χ0) is 24.6. The van der Waals surface area contributed by atoms with Crippen molar-refractivity contribution in [3.63, 3.8) is 0 Å². The summed E-state index contributed by atoms with van der Waals surface area (Å²) in [5, 5.41) is 10.0. The van der Waals surface area contributed by atoms with Gasteiger partial charge in [0.2, 0.25) is 15.9 Å². The largest absolute Gasteiger partial charge is 0.394 e. The number of nitrogens with zero attached hydrogens (tertiary/aromatic N) is 2. The fourth-order valence-corrected chi connectivity index (χ4v) is 6.73. The molecule has 3 aromatic rings. The molecule has 2 saturated heterocycles. The summed E-state index contributed by atoms with van der Waals surface area (Å²) >= 11 is 0. The van der Waals surface area contributed by atoms with Crippen LogP contribution in [0.4, 0.5) is 0 Å². The molecule has 3 aromatic carbocycles. The second-order valence-electron chi connectivity index (χ2n) is 8.95. The monoisotopic (exact) mass is 486 g/mol. The minimum absolute atomic E-state index is 0.157. The van der Waals surface area contributed by atoms with Crippen molar-refractivity contribution in [3.8, 4) is 11.8 Å². The van der Waals surface area contributed by atoms with Gasteiger partial charge in [-0.25, -0.2) is 8.42 Å². The van der Waals surface area contributed by atoms with Crippen LogP contribution in [0.25, 0.3) is 0 Å². The van der Waals surface area contributed by atoms with Crippen molar-refractivity contribution in [1.29, 1.82) is 0 Å². The number of rotatable bonds is 4. The van der Waals surface area contributed by atoms with Crippen molar-refractivity contribution in [3.05, 3.63) is 101 Å². The fourth-order valence-electron chi connectivity index (χ4n) is 5.09. The SMILES string of the molecule is Cc1ccccc1S(=O)(=O)N1CC(=O)N2[C@H](CO)[C@H](c3ccc(C#Cc4ccccc4)cc3)[C@@H]2C1. The maximum atomic E-state index is 13.3. The van der Waals surface area contributed by atoms with Crippen LogP contribution in [-0.4, -0.2) is 60.4 Å². The van der Waals surface area contributed by atoms with Crippen LogP contribution in [0, 0.1) is 18.8 Å². The number of piperazine rings is 1. The maximum Gasteiger partial charge on any atom is 0.243 e. The van der Waals surface area contributed by atoms with Gasteiger partial charge in [0.25, 0.3) is 0 Å². The molecular weight excluding hydrogens is 460 g/mol. The highest BCUT2D eigenvalue weighted by Gasteiger charge is 2.55. The Hall–Kier alpha value is -3.44. The van der Waals surface area contributed by atoms with Crippen LogP contribution in [-0.2, 0) is 14.8 Å². The van der Waals surface area contributed by atoms with E-state index in [1.54, 1.807) is 36.1 Å². The first-order valence-electron chi connectivity index (χ1n) is 11.5.